The summed E-state index contributed by atoms with van der Waals surface area (Å²) < 4.78 is 93.8. The standard InChI is InChI=1S/C20H16F4N2O4S/c1-2-12-30-15-7-4-3-6-13(15)19-14(20(22,23)24)10-11-17(25-19)26-16(21)8-5-9-18(26)31(27,28)29/h2-11,18H,1,12H2,(H,27,28,29). The summed E-state index contributed by atoms with van der Waals surface area (Å²) >= 11 is 0. The first-order chi connectivity index (χ1) is 14.5. The molecule has 0 saturated heterocycles. The maximum atomic E-state index is 14.5. The van der Waals surface area contributed by atoms with Gasteiger partial charge in [0.05, 0.1) is 11.3 Å². The molecular weight excluding hydrogens is 440 g/mol. The summed E-state index contributed by atoms with van der Waals surface area (Å²) in [7, 11) is -4.83. The molecule has 0 saturated carbocycles. The zero-order chi connectivity index (χ0) is 22.8. The van der Waals surface area contributed by atoms with Crippen LogP contribution in [0.25, 0.3) is 11.3 Å². The number of rotatable bonds is 6. The molecule has 0 bridgehead atoms. The van der Waals surface area contributed by atoms with Crippen molar-refractivity contribution in [3.63, 3.8) is 0 Å². The maximum Gasteiger partial charge on any atom is 0.418 e. The number of nitrogens with zero attached hydrogens (tertiary/aromatic N) is 2. The molecule has 3 rings (SSSR count). The first-order valence-corrected chi connectivity index (χ1v) is 10.2. The van der Waals surface area contributed by atoms with Crippen LogP contribution < -0.4 is 9.64 Å². The SMILES string of the molecule is C=CCOc1ccccc1-c1nc(N2C(F)=CC=CC2S(=O)(=O)O)ccc1C(F)(F)F. The van der Waals surface area contributed by atoms with Gasteiger partial charge in [-0.05, 0) is 36.4 Å². The second kappa shape index (κ2) is 8.52. The summed E-state index contributed by atoms with van der Waals surface area (Å²) in [6, 6.07) is 7.26. The molecule has 6 nitrogen and oxygen atoms in total. The molecule has 1 N–H and O–H groups in total. The number of halogens is 4. The van der Waals surface area contributed by atoms with Gasteiger partial charge in [0.15, 0.2) is 11.3 Å². The van der Waals surface area contributed by atoms with Gasteiger partial charge >= 0.3 is 6.18 Å². The summed E-state index contributed by atoms with van der Waals surface area (Å²) in [5.74, 6) is -1.51. The van der Waals surface area contributed by atoms with E-state index in [0.717, 1.165) is 24.3 Å². The monoisotopic (exact) mass is 456 g/mol. The lowest BCUT2D eigenvalue weighted by Crippen LogP contribution is -2.40. The highest BCUT2D eigenvalue weighted by atomic mass is 32.2. The molecule has 11 heteroatoms. The molecule has 0 fully saturated rings. The van der Waals surface area contributed by atoms with Crippen LogP contribution in [-0.4, -0.2) is 29.9 Å². The zero-order valence-corrected chi connectivity index (χ0v) is 16.6. The fourth-order valence-corrected chi connectivity index (χ4v) is 3.71. The van der Waals surface area contributed by atoms with E-state index < -0.39 is 44.7 Å². The zero-order valence-electron chi connectivity index (χ0n) is 15.8. The summed E-state index contributed by atoms with van der Waals surface area (Å²) in [5.41, 5.74) is -1.77. The molecule has 1 aliphatic heterocycles. The van der Waals surface area contributed by atoms with E-state index >= 15 is 0 Å². The van der Waals surface area contributed by atoms with Gasteiger partial charge in [0.2, 0.25) is 0 Å². The Bertz CT molecular complexity index is 1160. The lowest BCUT2D eigenvalue weighted by Gasteiger charge is -2.29. The molecule has 0 aliphatic carbocycles. The van der Waals surface area contributed by atoms with Crippen LogP contribution in [0.5, 0.6) is 5.75 Å². The van der Waals surface area contributed by atoms with E-state index in [-0.39, 0.29) is 17.9 Å². The van der Waals surface area contributed by atoms with Gasteiger partial charge in [0.1, 0.15) is 18.2 Å². The number of hydrogen-bond donors (Lipinski definition) is 1. The van der Waals surface area contributed by atoms with E-state index in [4.69, 9.17) is 4.74 Å². The molecule has 0 spiro atoms. The van der Waals surface area contributed by atoms with Crippen molar-refractivity contribution in [1.82, 2.24) is 4.98 Å². The quantitative estimate of drug-likeness (QED) is 0.293. The molecule has 1 unspecified atom stereocenters. The Morgan fingerprint density at radius 2 is 1.94 bits per heavy atom. The summed E-state index contributed by atoms with van der Waals surface area (Å²) in [5, 5.41) is -1.90. The van der Waals surface area contributed by atoms with E-state index in [2.05, 4.69) is 11.6 Å². The molecule has 31 heavy (non-hydrogen) atoms. The Morgan fingerprint density at radius 1 is 1.23 bits per heavy atom. The van der Waals surface area contributed by atoms with E-state index in [9.17, 15) is 30.5 Å². The van der Waals surface area contributed by atoms with Gasteiger partial charge in [0.25, 0.3) is 10.1 Å². The van der Waals surface area contributed by atoms with Gasteiger partial charge in [0, 0.05) is 5.56 Å². The normalized spacial score (nSPS) is 16.7. The molecule has 2 heterocycles. The summed E-state index contributed by atoms with van der Waals surface area (Å²) in [6.45, 7) is 3.50. The van der Waals surface area contributed by atoms with Crippen LogP contribution in [-0.2, 0) is 16.3 Å². The van der Waals surface area contributed by atoms with Gasteiger partial charge in [-0.1, -0.05) is 30.9 Å². The Hall–Kier alpha value is -3.18. The molecule has 2 aromatic rings. The Kier molecular flexibility index (Phi) is 6.18. The maximum absolute atomic E-state index is 14.5. The van der Waals surface area contributed by atoms with Crippen LogP contribution in [0, 0.1) is 0 Å². The number of benzene rings is 1. The molecule has 0 radical (unpaired) electrons. The van der Waals surface area contributed by atoms with E-state index in [0.29, 0.717) is 11.0 Å². The molecule has 0 amide bonds. The Labute approximate surface area is 175 Å². The van der Waals surface area contributed by atoms with Crippen molar-refractivity contribution in [2.75, 3.05) is 11.5 Å². The van der Waals surface area contributed by atoms with Crippen molar-refractivity contribution < 1.29 is 35.3 Å². The van der Waals surface area contributed by atoms with Crippen LogP contribution in [0.2, 0.25) is 0 Å². The molecule has 164 valence electrons. The number of ether oxygens (including phenoxy) is 1. The molecule has 1 aliphatic rings. The third kappa shape index (κ3) is 4.78. The number of pyridine rings is 1. The topological polar surface area (TPSA) is 79.7 Å². The second-order valence-corrected chi connectivity index (χ2v) is 7.82. The molecule has 1 aromatic heterocycles. The number of aromatic nitrogens is 1. The Morgan fingerprint density at radius 3 is 2.58 bits per heavy atom. The van der Waals surface area contributed by atoms with Crippen molar-refractivity contribution in [3.05, 3.63) is 78.8 Å². The van der Waals surface area contributed by atoms with Crippen LogP contribution in [0.4, 0.5) is 23.4 Å². The molecule has 1 atom stereocenters. The predicted molar refractivity (Wildman–Crippen MR) is 107 cm³/mol. The van der Waals surface area contributed by atoms with Crippen LogP contribution >= 0.6 is 0 Å². The van der Waals surface area contributed by atoms with Gasteiger partial charge in [-0.3, -0.25) is 9.45 Å². The van der Waals surface area contributed by atoms with Gasteiger partial charge in [-0.25, -0.2) is 4.98 Å². The molecular formula is C20H16F4N2O4S. The third-order valence-corrected chi connectivity index (χ3v) is 5.21. The van der Waals surface area contributed by atoms with Crippen molar-refractivity contribution >= 4 is 15.9 Å². The predicted octanol–water partition coefficient (Wildman–Crippen LogP) is 4.73. The molecule has 1 aromatic carbocycles. The average molecular weight is 456 g/mol. The summed E-state index contributed by atoms with van der Waals surface area (Å²) in [4.78, 5) is 4.40. The number of allylic oxidation sites excluding steroid dienone is 2. The Balaban J connectivity index is 2.23. The van der Waals surface area contributed by atoms with Crippen molar-refractivity contribution in [1.29, 1.82) is 0 Å². The summed E-state index contributed by atoms with van der Waals surface area (Å²) in [6.07, 6.45) is -0.485. The first-order valence-electron chi connectivity index (χ1n) is 8.75. The van der Waals surface area contributed by atoms with Crippen molar-refractivity contribution in [2.45, 2.75) is 11.6 Å². The number of hydrogen-bond acceptors (Lipinski definition) is 5. The highest BCUT2D eigenvalue weighted by Crippen LogP contribution is 2.41. The van der Waals surface area contributed by atoms with E-state index in [1.54, 1.807) is 6.07 Å². The smallest absolute Gasteiger partial charge is 0.418 e. The third-order valence-electron chi connectivity index (χ3n) is 4.23. The first kappa shape index (κ1) is 22.5. The minimum atomic E-state index is -4.83. The van der Waals surface area contributed by atoms with Gasteiger partial charge in [-0.15, -0.1) is 0 Å². The lowest BCUT2D eigenvalue weighted by molar-refractivity contribution is -0.137. The number of anilines is 1. The average Bonchev–Trinajstić information content (AvgIpc) is 2.70. The van der Waals surface area contributed by atoms with Crippen LogP contribution in [0.3, 0.4) is 0 Å². The highest BCUT2D eigenvalue weighted by Gasteiger charge is 2.38. The van der Waals surface area contributed by atoms with Gasteiger partial charge < -0.3 is 4.74 Å². The largest absolute Gasteiger partial charge is 0.489 e. The fraction of sp³-hybridized carbons (Fsp3) is 0.150. The highest BCUT2D eigenvalue weighted by molar-refractivity contribution is 7.86. The minimum absolute atomic E-state index is 0.0111. The van der Waals surface area contributed by atoms with E-state index in [1.807, 2.05) is 0 Å². The van der Waals surface area contributed by atoms with Crippen molar-refractivity contribution in [3.8, 4) is 17.0 Å². The van der Waals surface area contributed by atoms with Crippen LogP contribution in [0.1, 0.15) is 5.56 Å². The number of alkyl halides is 3. The van der Waals surface area contributed by atoms with E-state index in [1.165, 1.54) is 24.3 Å². The second-order valence-electron chi connectivity index (χ2n) is 6.31. The lowest BCUT2D eigenvalue weighted by atomic mass is 10.0. The van der Waals surface area contributed by atoms with Gasteiger partial charge in [-0.2, -0.15) is 26.0 Å². The fourth-order valence-electron chi connectivity index (χ4n) is 2.94. The minimum Gasteiger partial charge on any atom is -0.489 e. The van der Waals surface area contributed by atoms with Crippen molar-refractivity contribution in [2.24, 2.45) is 0 Å². The number of para-hydroxylation sites is 1. The van der Waals surface area contributed by atoms with Crippen LogP contribution in [0.15, 0.2) is 73.2 Å².